The topological polar surface area (TPSA) is 60.7 Å². The molecule has 3 N–H and O–H groups in total. The van der Waals surface area contributed by atoms with E-state index in [9.17, 15) is 0 Å². The minimum absolute atomic E-state index is 0. The molecule has 0 saturated carbocycles. The van der Waals surface area contributed by atoms with Gasteiger partial charge in [-0.3, -0.25) is 0 Å². The van der Waals surface area contributed by atoms with Crippen LogP contribution in [0.15, 0.2) is 0 Å². The summed E-state index contributed by atoms with van der Waals surface area (Å²) < 4.78 is 0. The van der Waals surface area contributed by atoms with Crippen molar-refractivity contribution in [3.8, 4) is 0 Å². The van der Waals surface area contributed by atoms with Gasteiger partial charge in [0.2, 0.25) is 0 Å². The fraction of sp³-hybridized carbons (Fsp3) is 1.00. The first-order valence-electron chi connectivity index (χ1n) is 1.71. The Bertz CT molecular complexity index is 29.4. The van der Waals surface area contributed by atoms with Gasteiger partial charge in [-0.1, -0.05) is 0 Å². The van der Waals surface area contributed by atoms with Crippen LogP contribution in [0, 0.1) is 0 Å². The molecule has 3 radical (unpaired) electrons. The molecule has 0 atom stereocenters. The number of aliphatic hydroxyl groups is 3. The summed E-state index contributed by atoms with van der Waals surface area (Å²) in [5.74, 6) is 0. The van der Waals surface area contributed by atoms with Gasteiger partial charge in [0.1, 0.15) is 6.10 Å². The van der Waals surface area contributed by atoms with Gasteiger partial charge in [0.15, 0.2) is 0 Å². The molecule has 0 aliphatic rings. The first-order valence-corrected chi connectivity index (χ1v) is 1.71. The van der Waals surface area contributed by atoms with Crippen molar-refractivity contribution in [3.05, 3.63) is 0 Å². The lowest BCUT2D eigenvalue weighted by Crippen LogP contribution is -2.15. The summed E-state index contributed by atoms with van der Waals surface area (Å²) in [4.78, 5) is 0. The zero-order valence-electron chi connectivity index (χ0n) is 3.91. The summed E-state index contributed by atoms with van der Waals surface area (Å²) in [6.07, 6.45) is -0.954. The molecule has 41 valence electrons. The second-order valence-corrected chi connectivity index (χ2v) is 1.02. The minimum Gasteiger partial charge on any atom is -0.394 e. The Morgan fingerprint density at radius 3 is 1.43 bits per heavy atom. The summed E-state index contributed by atoms with van der Waals surface area (Å²) in [6, 6.07) is 0. The lowest BCUT2D eigenvalue weighted by atomic mass is 10.4. The molecule has 0 heterocycles. The predicted octanol–water partition coefficient (Wildman–Crippen LogP) is -2.05. The summed E-state index contributed by atoms with van der Waals surface area (Å²) >= 11 is 0. The van der Waals surface area contributed by atoms with Crippen LogP contribution in [0.4, 0.5) is 0 Å². The zero-order valence-corrected chi connectivity index (χ0v) is 3.91. The molecular weight excluding hydrogens is 94.8 g/mol. The molecule has 4 heteroatoms. The molecule has 0 aromatic carbocycles. The molecule has 0 saturated heterocycles. The lowest BCUT2D eigenvalue weighted by molar-refractivity contribution is 0.0450. The fourth-order valence-electron chi connectivity index (χ4n) is 0.0577. The van der Waals surface area contributed by atoms with E-state index in [2.05, 4.69) is 0 Å². The van der Waals surface area contributed by atoms with Crippen LogP contribution in [0.25, 0.3) is 0 Å². The highest BCUT2D eigenvalue weighted by atomic mass is 16.3. The Kier molecular flexibility index (Phi) is 8.52. The number of aliphatic hydroxyl groups excluding tert-OH is 3. The van der Waals surface area contributed by atoms with Crippen molar-refractivity contribution in [2.45, 2.75) is 6.10 Å². The van der Waals surface area contributed by atoms with Crippen molar-refractivity contribution in [3.63, 3.8) is 0 Å². The van der Waals surface area contributed by atoms with Crippen molar-refractivity contribution in [1.82, 2.24) is 0 Å². The third kappa shape index (κ3) is 5.94. The molecule has 0 bridgehead atoms. The highest BCUT2D eigenvalue weighted by molar-refractivity contribution is 5.75. The van der Waals surface area contributed by atoms with E-state index < -0.39 is 6.10 Å². The Hall–Kier alpha value is -0.0551. The van der Waals surface area contributed by atoms with Crippen molar-refractivity contribution >= 4 is 8.41 Å². The molecule has 0 aliphatic heterocycles. The van der Waals surface area contributed by atoms with Gasteiger partial charge >= 0.3 is 0 Å². The SMILES string of the molecule is OCC(O)CO.[B]. The standard InChI is InChI=1S/C3H8O3.B/c4-1-3(6)2-5;/h3-6H,1-2H2;. The van der Waals surface area contributed by atoms with Crippen LogP contribution in [0.1, 0.15) is 0 Å². The smallest absolute Gasteiger partial charge is 0.100 e. The van der Waals surface area contributed by atoms with Gasteiger partial charge in [0.25, 0.3) is 0 Å². The normalized spacial score (nSPS) is 8.57. The summed E-state index contributed by atoms with van der Waals surface area (Å²) in [6.45, 7) is -0.729. The molecule has 0 aliphatic carbocycles. The van der Waals surface area contributed by atoms with Gasteiger partial charge in [-0.2, -0.15) is 0 Å². The molecule has 0 aromatic rings. The van der Waals surface area contributed by atoms with Crippen molar-refractivity contribution < 1.29 is 15.3 Å². The summed E-state index contributed by atoms with van der Waals surface area (Å²) in [5.41, 5.74) is 0. The van der Waals surface area contributed by atoms with Crippen LogP contribution in [-0.2, 0) is 0 Å². The van der Waals surface area contributed by atoms with Gasteiger partial charge in [-0.15, -0.1) is 0 Å². The highest BCUT2D eigenvalue weighted by Crippen LogP contribution is 1.71. The average Bonchev–Trinajstić information content (AvgIpc) is 1.65. The van der Waals surface area contributed by atoms with Crippen molar-refractivity contribution in [1.29, 1.82) is 0 Å². The van der Waals surface area contributed by atoms with Crippen LogP contribution in [-0.4, -0.2) is 43.1 Å². The van der Waals surface area contributed by atoms with Crippen LogP contribution < -0.4 is 0 Å². The number of hydrogen-bond donors (Lipinski definition) is 3. The predicted molar refractivity (Wildman–Crippen MR) is 25.9 cm³/mol. The average molecular weight is 103 g/mol. The molecule has 0 unspecified atom stereocenters. The molecule has 0 aromatic heterocycles. The molecule has 0 rings (SSSR count). The number of hydrogen-bond acceptors (Lipinski definition) is 3. The number of rotatable bonds is 2. The fourth-order valence-corrected chi connectivity index (χ4v) is 0.0577. The van der Waals surface area contributed by atoms with Crippen LogP contribution in [0.3, 0.4) is 0 Å². The van der Waals surface area contributed by atoms with Crippen molar-refractivity contribution in [2.75, 3.05) is 13.2 Å². The second kappa shape index (κ2) is 5.94. The van der Waals surface area contributed by atoms with Crippen molar-refractivity contribution in [2.24, 2.45) is 0 Å². The summed E-state index contributed by atoms with van der Waals surface area (Å²) in [7, 11) is 0. The Morgan fingerprint density at radius 1 is 1.14 bits per heavy atom. The molecule has 0 spiro atoms. The van der Waals surface area contributed by atoms with Crippen LogP contribution in [0.5, 0.6) is 0 Å². The monoisotopic (exact) mass is 103 g/mol. The zero-order chi connectivity index (χ0) is 4.99. The third-order valence-corrected chi connectivity index (χ3v) is 0.421. The quantitative estimate of drug-likeness (QED) is 0.352. The van der Waals surface area contributed by atoms with Gasteiger partial charge < -0.3 is 15.3 Å². The van der Waals surface area contributed by atoms with Gasteiger partial charge in [-0.25, -0.2) is 0 Å². The first-order chi connectivity index (χ1) is 2.81. The van der Waals surface area contributed by atoms with E-state index in [0.717, 1.165) is 0 Å². The van der Waals surface area contributed by atoms with E-state index in [4.69, 9.17) is 15.3 Å². The molecule has 0 amide bonds. The maximum atomic E-state index is 8.17. The largest absolute Gasteiger partial charge is 0.394 e. The highest BCUT2D eigenvalue weighted by Gasteiger charge is 1.93. The minimum atomic E-state index is -0.954. The van der Waals surface area contributed by atoms with Gasteiger partial charge in [0, 0.05) is 8.41 Å². The van der Waals surface area contributed by atoms with E-state index in [1.807, 2.05) is 0 Å². The van der Waals surface area contributed by atoms with Crippen LogP contribution >= 0.6 is 0 Å². The molecule has 0 fully saturated rings. The maximum Gasteiger partial charge on any atom is 0.100 e. The van der Waals surface area contributed by atoms with E-state index in [1.165, 1.54) is 0 Å². The summed E-state index contributed by atoms with van der Waals surface area (Å²) in [5, 5.41) is 24.0. The molecule has 3 nitrogen and oxygen atoms in total. The molecular formula is C3H8BO3. The van der Waals surface area contributed by atoms with Gasteiger partial charge in [0.05, 0.1) is 13.2 Å². The Morgan fingerprint density at radius 2 is 1.43 bits per heavy atom. The van der Waals surface area contributed by atoms with E-state index in [-0.39, 0.29) is 21.6 Å². The maximum absolute atomic E-state index is 8.17. The molecule has 7 heavy (non-hydrogen) atoms. The third-order valence-electron chi connectivity index (χ3n) is 0.421. The Balaban J connectivity index is 0. The van der Waals surface area contributed by atoms with E-state index in [0.29, 0.717) is 0 Å². The van der Waals surface area contributed by atoms with Crippen LogP contribution in [0.2, 0.25) is 0 Å². The van der Waals surface area contributed by atoms with E-state index >= 15 is 0 Å². The Labute approximate surface area is 44.2 Å². The van der Waals surface area contributed by atoms with E-state index in [1.54, 1.807) is 0 Å². The lowest BCUT2D eigenvalue weighted by Gasteiger charge is -1.96. The first kappa shape index (κ1) is 10.0. The van der Waals surface area contributed by atoms with Gasteiger partial charge in [-0.05, 0) is 0 Å². The second-order valence-electron chi connectivity index (χ2n) is 1.02.